The minimum Gasteiger partial charge on any atom is -0.497 e. The van der Waals surface area contributed by atoms with E-state index in [1.54, 1.807) is 25.6 Å². The molecule has 5 nitrogen and oxygen atoms in total. The summed E-state index contributed by atoms with van der Waals surface area (Å²) in [5.41, 5.74) is 2.28. The molecule has 0 aliphatic heterocycles. The van der Waals surface area contributed by atoms with E-state index < -0.39 is 0 Å². The molecule has 0 amide bonds. The number of anilines is 1. The monoisotopic (exact) mass is 343 g/mol. The van der Waals surface area contributed by atoms with Crippen molar-refractivity contribution in [2.45, 2.75) is 13.3 Å². The first kappa shape index (κ1) is 16.7. The Morgan fingerprint density at radius 3 is 2.62 bits per heavy atom. The maximum atomic E-state index is 5.24. The molecule has 0 saturated carbocycles. The van der Waals surface area contributed by atoms with E-state index in [0.29, 0.717) is 0 Å². The van der Waals surface area contributed by atoms with E-state index in [-0.39, 0.29) is 0 Å². The maximum Gasteiger partial charge on any atom is 0.139 e. The van der Waals surface area contributed by atoms with E-state index >= 15 is 0 Å². The highest BCUT2D eigenvalue weighted by atomic mass is 32.1. The largest absolute Gasteiger partial charge is 0.497 e. The van der Waals surface area contributed by atoms with Gasteiger partial charge in [-0.1, -0.05) is 12.1 Å². The van der Waals surface area contributed by atoms with E-state index in [0.717, 1.165) is 58.3 Å². The highest BCUT2D eigenvalue weighted by Gasteiger charge is 2.14. The topological polar surface area (TPSA) is 56.3 Å². The average molecular weight is 343 g/mol. The molecule has 0 bridgehead atoms. The summed E-state index contributed by atoms with van der Waals surface area (Å²) in [6.45, 7) is 3.47. The Labute approximate surface area is 145 Å². The fraction of sp³-hybridized carbons (Fsp3) is 0.333. The quantitative estimate of drug-likeness (QED) is 0.654. The van der Waals surface area contributed by atoms with Crippen LogP contribution in [0.15, 0.2) is 29.6 Å². The molecular formula is C18H21N3O2S. The molecule has 0 saturated heterocycles. The molecule has 0 atom stereocenters. The van der Waals surface area contributed by atoms with Crippen molar-refractivity contribution in [3.8, 4) is 16.9 Å². The van der Waals surface area contributed by atoms with Crippen LogP contribution in [0.1, 0.15) is 12.2 Å². The molecule has 0 fully saturated rings. The van der Waals surface area contributed by atoms with Crippen molar-refractivity contribution >= 4 is 27.4 Å². The van der Waals surface area contributed by atoms with Crippen molar-refractivity contribution in [1.29, 1.82) is 0 Å². The van der Waals surface area contributed by atoms with Crippen molar-refractivity contribution in [3.63, 3.8) is 0 Å². The highest BCUT2D eigenvalue weighted by molar-refractivity contribution is 7.17. The molecule has 3 rings (SSSR count). The van der Waals surface area contributed by atoms with E-state index in [4.69, 9.17) is 9.47 Å². The Morgan fingerprint density at radius 2 is 1.92 bits per heavy atom. The fourth-order valence-electron chi connectivity index (χ4n) is 2.58. The summed E-state index contributed by atoms with van der Waals surface area (Å²) in [5, 5.41) is 6.65. The first-order chi connectivity index (χ1) is 11.7. The number of aryl methyl sites for hydroxylation is 1. The predicted molar refractivity (Wildman–Crippen MR) is 99.1 cm³/mol. The molecular weight excluding hydrogens is 322 g/mol. The third kappa shape index (κ3) is 3.49. The van der Waals surface area contributed by atoms with Gasteiger partial charge in [0.15, 0.2) is 0 Å². The van der Waals surface area contributed by atoms with E-state index in [1.807, 2.05) is 19.1 Å². The van der Waals surface area contributed by atoms with Crippen LogP contribution in [-0.2, 0) is 4.74 Å². The van der Waals surface area contributed by atoms with Crippen LogP contribution in [0.3, 0.4) is 0 Å². The van der Waals surface area contributed by atoms with Gasteiger partial charge in [0.25, 0.3) is 0 Å². The number of ether oxygens (including phenoxy) is 2. The third-order valence-corrected chi connectivity index (χ3v) is 4.64. The summed E-state index contributed by atoms with van der Waals surface area (Å²) in [4.78, 5) is 10.2. The van der Waals surface area contributed by atoms with Crippen LogP contribution < -0.4 is 10.1 Å². The van der Waals surface area contributed by atoms with Gasteiger partial charge in [0, 0.05) is 31.2 Å². The summed E-state index contributed by atoms with van der Waals surface area (Å²) in [5.74, 6) is 2.52. The maximum absolute atomic E-state index is 5.24. The summed E-state index contributed by atoms with van der Waals surface area (Å²) < 4.78 is 10.4. The number of benzene rings is 1. The molecule has 0 aliphatic rings. The van der Waals surface area contributed by atoms with Crippen LogP contribution in [0.2, 0.25) is 0 Å². The van der Waals surface area contributed by atoms with Crippen LogP contribution >= 0.6 is 11.3 Å². The molecule has 2 aromatic heterocycles. The van der Waals surface area contributed by atoms with E-state index in [2.05, 4.69) is 32.8 Å². The van der Waals surface area contributed by atoms with Gasteiger partial charge in [-0.2, -0.15) is 0 Å². The summed E-state index contributed by atoms with van der Waals surface area (Å²) in [7, 11) is 3.39. The summed E-state index contributed by atoms with van der Waals surface area (Å²) in [6, 6.07) is 8.07. The third-order valence-electron chi connectivity index (χ3n) is 3.76. The first-order valence-corrected chi connectivity index (χ1v) is 8.74. The standard InChI is InChI=1S/C18H21N3O2S/c1-12-20-17(19-9-4-10-22-2)16-15(11-24-18(16)21-12)13-5-7-14(23-3)8-6-13/h5-8,11H,4,9-10H2,1-3H3,(H,19,20,21). The fourth-order valence-corrected chi connectivity index (χ4v) is 3.58. The van der Waals surface area contributed by atoms with Crippen molar-refractivity contribution < 1.29 is 9.47 Å². The Morgan fingerprint density at radius 1 is 1.12 bits per heavy atom. The smallest absolute Gasteiger partial charge is 0.139 e. The molecule has 126 valence electrons. The van der Waals surface area contributed by atoms with Crippen molar-refractivity contribution in [3.05, 3.63) is 35.5 Å². The molecule has 6 heteroatoms. The lowest BCUT2D eigenvalue weighted by molar-refractivity contribution is 0.198. The van der Waals surface area contributed by atoms with Crippen molar-refractivity contribution in [2.24, 2.45) is 0 Å². The molecule has 2 heterocycles. The number of nitrogens with one attached hydrogen (secondary N) is 1. The minimum atomic E-state index is 0.731. The van der Waals surface area contributed by atoms with Gasteiger partial charge in [-0.05, 0) is 31.0 Å². The molecule has 0 aliphatic carbocycles. The minimum absolute atomic E-state index is 0.731. The number of hydrogen-bond donors (Lipinski definition) is 1. The number of nitrogens with zero attached hydrogens (tertiary/aromatic N) is 2. The summed E-state index contributed by atoms with van der Waals surface area (Å²) >= 11 is 1.64. The lowest BCUT2D eigenvalue weighted by Crippen LogP contribution is -2.07. The zero-order valence-electron chi connectivity index (χ0n) is 14.1. The Kier molecular flexibility index (Phi) is 5.27. The molecule has 1 aromatic carbocycles. The molecule has 24 heavy (non-hydrogen) atoms. The number of hydrogen-bond acceptors (Lipinski definition) is 6. The van der Waals surface area contributed by atoms with Crippen molar-refractivity contribution in [2.75, 3.05) is 32.7 Å². The summed E-state index contributed by atoms with van der Waals surface area (Å²) in [6.07, 6.45) is 0.934. The van der Waals surface area contributed by atoms with Gasteiger partial charge in [0.2, 0.25) is 0 Å². The molecule has 3 aromatic rings. The lowest BCUT2D eigenvalue weighted by Gasteiger charge is -2.09. The number of aromatic nitrogens is 2. The normalized spacial score (nSPS) is 11.0. The molecule has 1 N–H and O–H groups in total. The Bertz CT molecular complexity index is 815. The number of thiophene rings is 1. The van der Waals surface area contributed by atoms with Gasteiger partial charge in [0.1, 0.15) is 22.2 Å². The van der Waals surface area contributed by atoms with Gasteiger partial charge in [-0.25, -0.2) is 9.97 Å². The molecule has 0 spiro atoms. The van der Waals surface area contributed by atoms with Gasteiger partial charge >= 0.3 is 0 Å². The van der Waals surface area contributed by atoms with Crippen molar-refractivity contribution in [1.82, 2.24) is 9.97 Å². The SMILES string of the molecule is COCCCNc1nc(C)nc2scc(-c3ccc(OC)cc3)c12. The van der Waals surface area contributed by atoms with Crippen LogP contribution in [0.25, 0.3) is 21.3 Å². The van der Waals surface area contributed by atoms with Crippen LogP contribution in [0.5, 0.6) is 5.75 Å². The van der Waals surface area contributed by atoms with Gasteiger partial charge < -0.3 is 14.8 Å². The zero-order chi connectivity index (χ0) is 16.9. The highest BCUT2D eigenvalue weighted by Crippen LogP contribution is 2.37. The number of methoxy groups -OCH3 is 2. The Hall–Kier alpha value is -2.18. The van der Waals surface area contributed by atoms with Crippen LogP contribution in [-0.4, -0.2) is 37.3 Å². The second-order valence-corrected chi connectivity index (χ2v) is 6.31. The van der Waals surface area contributed by atoms with Crippen LogP contribution in [0, 0.1) is 6.92 Å². The van der Waals surface area contributed by atoms with Gasteiger partial charge in [-0.15, -0.1) is 11.3 Å². The second kappa shape index (κ2) is 7.59. The number of rotatable bonds is 7. The van der Waals surface area contributed by atoms with Crippen LogP contribution in [0.4, 0.5) is 5.82 Å². The first-order valence-electron chi connectivity index (χ1n) is 7.86. The average Bonchev–Trinajstić information content (AvgIpc) is 3.02. The molecule has 0 radical (unpaired) electrons. The Balaban J connectivity index is 1.98. The number of fused-ring (bicyclic) bond motifs is 1. The second-order valence-electron chi connectivity index (χ2n) is 5.45. The predicted octanol–water partition coefficient (Wildman–Crippen LogP) is 4.12. The lowest BCUT2D eigenvalue weighted by atomic mass is 10.1. The zero-order valence-corrected chi connectivity index (χ0v) is 14.9. The van der Waals surface area contributed by atoms with E-state index in [1.165, 1.54) is 0 Å². The van der Waals surface area contributed by atoms with Gasteiger partial charge in [0.05, 0.1) is 12.5 Å². The van der Waals surface area contributed by atoms with Gasteiger partial charge in [-0.3, -0.25) is 0 Å². The molecule has 0 unspecified atom stereocenters. The van der Waals surface area contributed by atoms with E-state index in [9.17, 15) is 0 Å².